The molecule has 1 aromatic carbocycles. The Bertz CT molecular complexity index is 537. The Kier molecular flexibility index (Phi) is 3.86. The van der Waals surface area contributed by atoms with Crippen molar-refractivity contribution in [1.82, 2.24) is 9.78 Å². The minimum absolute atomic E-state index is 0.605. The molecule has 0 fully saturated rings. The van der Waals surface area contributed by atoms with Gasteiger partial charge in [-0.05, 0) is 48.0 Å². The van der Waals surface area contributed by atoms with Crippen LogP contribution in [-0.4, -0.2) is 16.3 Å². The standard InChI is InChI=1S/C12H13BrClN3/c1-8-9(6-7-15)12(13)17(16-8)11-5-3-2-4-10(11)14/h2-5H,6-7,15H2,1H3. The van der Waals surface area contributed by atoms with Crippen LogP contribution >= 0.6 is 27.5 Å². The normalized spacial score (nSPS) is 10.8. The Balaban J connectivity index is 2.54. The van der Waals surface area contributed by atoms with Gasteiger partial charge in [-0.1, -0.05) is 23.7 Å². The van der Waals surface area contributed by atoms with Gasteiger partial charge in [0.15, 0.2) is 0 Å². The number of nitrogens with two attached hydrogens (primary N) is 1. The molecule has 1 heterocycles. The van der Waals surface area contributed by atoms with E-state index in [1.54, 1.807) is 0 Å². The van der Waals surface area contributed by atoms with Crippen molar-refractivity contribution in [2.24, 2.45) is 5.73 Å². The van der Waals surface area contributed by atoms with Gasteiger partial charge < -0.3 is 5.73 Å². The van der Waals surface area contributed by atoms with Crippen LogP contribution < -0.4 is 5.73 Å². The molecule has 0 bridgehead atoms. The van der Waals surface area contributed by atoms with Crippen LogP contribution in [0, 0.1) is 6.92 Å². The lowest BCUT2D eigenvalue weighted by Crippen LogP contribution is -2.03. The van der Waals surface area contributed by atoms with Crippen molar-refractivity contribution in [3.05, 3.63) is 45.1 Å². The first-order valence-corrected chi connectivity index (χ1v) is 6.51. The molecule has 0 atom stereocenters. The first-order chi connectivity index (χ1) is 8.15. The van der Waals surface area contributed by atoms with Crippen LogP contribution in [0.1, 0.15) is 11.3 Å². The summed E-state index contributed by atoms with van der Waals surface area (Å²) >= 11 is 9.72. The predicted molar refractivity (Wildman–Crippen MR) is 73.8 cm³/mol. The zero-order chi connectivity index (χ0) is 12.4. The van der Waals surface area contributed by atoms with E-state index in [9.17, 15) is 0 Å². The number of hydrogen-bond acceptors (Lipinski definition) is 2. The second-order valence-corrected chi connectivity index (χ2v) is 4.92. The maximum absolute atomic E-state index is 6.16. The van der Waals surface area contributed by atoms with E-state index in [4.69, 9.17) is 17.3 Å². The molecule has 0 aliphatic rings. The van der Waals surface area contributed by atoms with Crippen molar-refractivity contribution in [2.75, 3.05) is 6.54 Å². The van der Waals surface area contributed by atoms with Crippen molar-refractivity contribution in [3.63, 3.8) is 0 Å². The Morgan fingerprint density at radius 2 is 2.12 bits per heavy atom. The molecule has 0 aliphatic heterocycles. The van der Waals surface area contributed by atoms with Crippen LogP contribution in [0.2, 0.25) is 5.02 Å². The van der Waals surface area contributed by atoms with E-state index in [0.717, 1.165) is 28.0 Å². The van der Waals surface area contributed by atoms with Gasteiger partial charge in [0, 0.05) is 5.56 Å². The maximum Gasteiger partial charge on any atom is 0.113 e. The summed E-state index contributed by atoms with van der Waals surface area (Å²) < 4.78 is 2.73. The molecule has 0 amide bonds. The summed E-state index contributed by atoms with van der Waals surface area (Å²) in [6, 6.07) is 7.62. The summed E-state index contributed by atoms with van der Waals surface area (Å²) in [4.78, 5) is 0. The molecule has 0 saturated carbocycles. The van der Waals surface area contributed by atoms with E-state index >= 15 is 0 Å². The van der Waals surface area contributed by atoms with Crippen molar-refractivity contribution >= 4 is 27.5 Å². The van der Waals surface area contributed by atoms with Gasteiger partial charge in [0.25, 0.3) is 0 Å². The number of aryl methyl sites for hydroxylation is 1. The highest BCUT2D eigenvalue weighted by Crippen LogP contribution is 2.27. The van der Waals surface area contributed by atoms with Crippen molar-refractivity contribution in [3.8, 4) is 5.69 Å². The maximum atomic E-state index is 6.16. The molecule has 3 nitrogen and oxygen atoms in total. The summed E-state index contributed by atoms with van der Waals surface area (Å²) in [5, 5.41) is 5.17. The van der Waals surface area contributed by atoms with Crippen LogP contribution in [0.3, 0.4) is 0 Å². The average Bonchev–Trinajstić information content (AvgIpc) is 2.58. The lowest BCUT2D eigenvalue weighted by molar-refractivity contribution is 0.845. The fraction of sp³-hybridized carbons (Fsp3) is 0.250. The summed E-state index contributed by atoms with van der Waals surface area (Å²) in [6.45, 7) is 2.58. The Morgan fingerprint density at radius 3 is 2.76 bits per heavy atom. The molecule has 17 heavy (non-hydrogen) atoms. The zero-order valence-corrected chi connectivity index (χ0v) is 11.8. The summed E-state index contributed by atoms with van der Waals surface area (Å²) in [7, 11) is 0. The topological polar surface area (TPSA) is 43.8 Å². The zero-order valence-electron chi connectivity index (χ0n) is 9.45. The third-order valence-corrected chi connectivity index (χ3v) is 3.73. The van der Waals surface area contributed by atoms with Crippen molar-refractivity contribution < 1.29 is 0 Å². The molecular formula is C12H13BrClN3. The van der Waals surface area contributed by atoms with E-state index in [2.05, 4.69) is 21.0 Å². The molecule has 0 spiro atoms. The van der Waals surface area contributed by atoms with Gasteiger partial charge in [-0.15, -0.1) is 0 Å². The molecular weight excluding hydrogens is 302 g/mol. The second-order valence-electron chi connectivity index (χ2n) is 3.76. The number of rotatable bonds is 3. The van der Waals surface area contributed by atoms with E-state index in [-0.39, 0.29) is 0 Å². The van der Waals surface area contributed by atoms with Crippen LogP contribution in [0.4, 0.5) is 0 Å². The van der Waals surface area contributed by atoms with Gasteiger partial charge in [0.2, 0.25) is 0 Å². The largest absolute Gasteiger partial charge is 0.330 e. The van der Waals surface area contributed by atoms with E-state index in [1.165, 1.54) is 0 Å². The summed E-state index contributed by atoms with van der Waals surface area (Å²) in [5.74, 6) is 0. The lowest BCUT2D eigenvalue weighted by Gasteiger charge is -2.05. The Labute approximate surface area is 114 Å². The van der Waals surface area contributed by atoms with Crippen molar-refractivity contribution in [1.29, 1.82) is 0 Å². The summed E-state index contributed by atoms with van der Waals surface area (Å²) in [5.41, 5.74) is 8.57. The van der Waals surface area contributed by atoms with E-state index < -0.39 is 0 Å². The minimum atomic E-state index is 0.605. The van der Waals surface area contributed by atoms with E-state index in [1.807, 2.05) is 35.9 Å². The quantitative estimate of drug-likeness (QED) is 0.946. The number of nitrogens with zero attached hydrogens (tertiary/aromatic N) is 2. The van der Waals surface area contributed by atoms with Gasteiger partial charge in [0.05, 0.1) is 16.4 Å². The first-order valence-electron chi connectivity index (χ1n) is 5.34. The third kappa shape index (κ3) is 2.39. The van der Waals surface area contributed by atoms with Gasteiger partial charge in [0.1, 0.15) is 4.60 Å². The first kappa shape index (κ1) is 12.6. The van der Waals surface area contributed by atoms with Gasteiger partial charge in [-0.2, -0.15) is 5.10 Å². The fourth-order valence-corrected chi connectivity index (χ4v) is 2.71. The number of benzene rings is 1. The van der Waals surface area contributed by atoms with E-state index in [0.29, 0.717) is 11.6 Å². The predicted octanol–water partition coefficient (Wildman–Crippen LogP) is 3.10. The van der Waals surface area contributed by atoms with Crippen molar-refractivity contribution in [2.45, 2.75) is 13.3 Å². The average molecular weight is 315 g/mol. The van der Waals surface area contributed by atoms with Gasteiger partial charge >= 0.3 is 0 Å². The molecule has 90 valence electrons. The number of halogens is 2. The number of para-hydroxylation sites is 1. The third-order valence-electron chi connectivity index (χ3n) is 2.60. The molecule has 2 aromatic rings. The van der Waals surface area contributed by atoms with Crippen LogP contribution in [0.5, 0.6) is 0 Å². The highest BCUT2D eigenvalue weighted by atomic mass is 79.9. The highest BCUT2D eigenvalue weighted by molar-refractivity contribution is 9.10. The molecule has 0 radical (unpaired) electrons. The fourth-order valence-electron chi connectivity index (χ4n) is 1.74. The van der Waals surface area contributed by atoms with Crippen LogP contribution in [-0.2, 0) is 6.42 Å². The molecule has 0 unspecified atom stereocenters. The summed E-state index contributed by atoms with van der Waals surface area (Å²) in [6.07, 6.45) is 0.802. The monoisotopic (exact) mass is 313 g/mol. The minimum Gasteiger partial charge on any atom is -0.330 e. The molecule has 0 aliphatic carbocycles. The number of aromatic nitrogens is 2. The SMILES string of the molecule is Cc1nn(-c2ccccc2Cl)c(Br)c1CCN. The Hall–Kier alpha value is -0.840. The smallest absolute Gasteiger partial charge is 0.113 e. The molecule has 0 saturated heterocycles. The molecule has 2 N–H and O–H groups in total. The van der Waals surface area contributed by atoms with Gasteiger partial charge in [-0.3, -0.25) is 0 Å². The number of hydrogen-bond donors (Lipinski definition) is 1. The Morgan fingerprint density at radius 1 is 1.41 bits per heavy atom. The van der Waals surface area contributed by atoms with Crippen LogP contribution in [0.25, 0.3) is 5.69 Å². The molecule has 5 heteroatoms. The lowest BCUT2D eigenvalue weighted by atomic mass is 10.2. The van der Waals surface area contributed by atoms with Crippen LogP contribution in [0.15, 0.2) is 28.9 Å². The highest BCUT2D eigenvalue weighted by Gasteiger charge is 2.14. The second kappa shape index (κ2) is 5.21. The molecule has 1 aromatic heterocycles. The molecule has 2 rings (SSSR count). The van der Waals surface area contributed by atoms with Gasteiger partial charge in [-0.25, -0.2) is 4.68 Å².